The van der Waals surface area contributed by atoms with Crippen molar-refractivity contribution < 1.29 is 4.92 Å². The molecule has 0 amide bonds. The van der Waals surface area contributed by atoms with Crippen LogP contribution in [0, 0.1) is 16.0 Å². The number of nitro benzene ring substituents is 1. The molecule has 1 heterocycles. The van der Waals surface area contributed by atoms with E-state index in [0.29, 0.717) is 16.6 Å². The number of nitrogens with zero attached hydrogens (tertiary/aromatic N) is 4. The number of non-ortho nitro benzene ring substituents is 1. The van der Waals surface area contributed by atoms with Crippen LogP contribution < -0.4 is 0 Å². The molecule has 2 rings (SSSR count). The maximum Gasteiger partial charge on any atom is 0.270 e. The van der Waals surface area contributed by atoms with E-state index in [1.54, 1.807) is 18.3 Å². The first-order chi connectivity index (χ1) is 9.54. The van der Waals surface area contributed by atoms with Crippen LogP contribution in [0.3, 0.4) is 0 Å². The number of rotatable bonds is 5. The second-order valence-electron chi connectivity index (χ2n) is 4.69. The van der Waals surface area contributed by atoms with Gasteiger partial charge in [-0.05, 0) is 11.5 Å². The van der Waals surface area contributed by atoms with E-state index in [-0.39, 0.29) is 5.69 Å². The predicted octanol–water partition coefficient (Wildman–Crippen LogP) is 3.40. The molecule has 0 saturated carbocycles. The zero-order valence-electron chi connectivity index (χ0n) is 11.2. The third-order valence-electron chi connectivity index (χ3n) is 2.44. The van der Waals surface area contributed by atoms with Gasteiger partial charge in [0.25, 0.3) is 5.69 Å². The van der Waals surface area contributed by atoms with Gasteiger partial charge < -0.3 is 0 Å². The number of aliphatic imine (C=N–C) groups is 1. The van der Waals surface area contributed by atoms with E-state index < -0.39 is 4.92 Å². The Kier molecular flexibility index (Phi) is 4.52. The van der Waals surface area contributed by atoms with Crippen LogP contribution in [0.2, 0.25) is 0 Å². The van der Waals surface area contributed by atoms with Crippen LogP contribution in [-0.2, 0) is 6.42 Å². The van der Waals surface area contributed by atoms with Gasteiger partial charge in [-0.1, -0.05) is 37.3 Å². The largest absolute Gasteiger partial charge is 0.270 e. The molecule has 6 nitrogen and oxygen atoms in total. The Hall–Kier alpha value is -2.15. The van der Waals surface area contributed by atoms with Gasteiger partial charge in [0, 0.05) is 24.8 Å². The topological polar surface area (TPSA) is 81.3 Å². The Balaban J connectivity index is 2.11. The SMILES string of the molecule is CC(C)Cc1nnc(/N=C/c2cccc([N+](=O)[O-])c2)s1. The van der Waals surface area contributed by atoms with E-state index in [0.717, 1.165) is 11.4 Å². The molecule has 0 unspecified atom stereocenters. The van der Waals surface area contributed by atoms with E-state index in [1.165, 1.54) is 23.5 Å². The molecule has 2 aromatic rings. The van der Waals surface area contributed by atoms with Crippen molar-refractivity contribution in [2.24, 2.45) is 10.9 Å². The lowest BCUT2D eigenvalue weighted by atomic mass is 10.1. The Bertz CT molecular complexity index is 637. The Labute approximate surface area is 120 Å². The van der Waals surface area contributed by atoms with Gasteiger partial charge in [-0.2, -0.15) is 0 Å². The number of benzene rings is 1. The number of hydrogen-bond acceptors (Lipinski definition) is 6. The van der Waals surface area contributed by atoms with Crippen molar-refractivity contribution in [3.8, 4) is 0 Å². The first-order valence-corrected chi connectivity index (χ1v) is 6.97. The minimum Gasteiger partial charge on any atom is -0.258 e. The molecule has 104 valence electrons. The summed E-state index contributed by atoms with van der Waals surface area (Å²) in [5.41, 5.74) is 0.714. The summed E-state index contributed by atoms with van der Waals surface area (Å²) in [6.45, 7) is 4.24. The number of nitro groups is 1. The maximum absolute atomic E-state index is 10.7. The van der Waals surface area contributed by atoms with Gasteiger partial charge in [0.15, 0.2) is 0 Å². The molecule has 0 radical (unpaired) electrons. The summed E-state index contributed by atoms with van der Waals surface area (Å²) in [4.78, 5) is 14.4. The summed E-state index contributed by atoms with van der Waals surface area (Å²) < 4.78 is 0. The van der Waals surface area contributed by atoms with Crippen molar-refractivity contribution in [1.82, 2.24) is 10.2 Å². The fourth-order valence-corrected chi connectivity index (χ4v) is 2.47. The second kappa shape index (κ2) is 6.33. The molecule has 0 fully saturated rings. The Morgan fingerprint density at radius 3 is 2.95 bits per heavy atom. The van der Waals surface area contributed by atoms with Crippen LogP contribution in [0.1, 0.15) is 24.4 Å². The third-order valence-corrected chi connectivity index (χ3v) is 3.30. The molecule has 0 spiro atoms. The lowest BCUT2D eigenvalue weighted by molar-refractivity contribution is -0.384. The quantitative estimate of drug-likeness (QED) is 0.480. The van der Waals surface area contributed by atoms with Gasteiger partial charge in [0.1, 0.15) is 5.01 Å². The Morgan fingerprint density at radius 2 is 2.25 bits per heavy atom. The average Bonchev–Trinajstić information content (AvgIpc) is 2.83. The van der Waals surface area contributed by atoms with Crippen LogP contribution in [0.4, 0.5) is 10.8 Å². The summed E-state index contributed by atoms with van der Waals surface area (Å²) >= 11 is 1.44. The molecule has 1 aromatic carbocycles. The molecule has 0 N–H and O–H groups in total. The normalized spacial score (nSPS) is 11.3. The van der Waals surface area contributed by atoms with Crippen molar-refractivity contribution >= 4 is 28.4 Å². The lowest BCUT2D eigenvalue weighted by Gasteiger charge is -1.96. The monoisotopic (exact) mass is 290 g/mol. The molecule has 0 saturated heterocycles. The van der Waals surface area contributed by atoms with Crippen molar-refractivity contribution in [3.63, 3.8) is 0 Å². The van der Waals surface area contributed by atoms with E-state index in [1.807, 2.05) is 0 Å². The standard InChI is InChI=1S/C13H14N4O2S/c1-9(2)6-12-15-16-13(20-12)14-8-10-4-3-5-11(7-10)17(18)19/h3-5,7-9H,6H2,1-2H3/b14-8+. The third kappa shape index (κ3) is 3.92. The van der Waals surface area contributed by atoms with E-state index in [9.17, 15) is 10.1 Å². The summed E-state index contributed by atoms with van der Waals surface area (Å²) in [6.07, 6.45) is 2.44. The van der Waals surface area contributed by atoms with Crippen molar-refractivity contribution in [2.45, 2.75) is 20.3 Å². The first-order valence-electron chi connectivity index (χ1n) is 6.15. The minimum atomic E-state index is -0.428. The molecule has 0 bridgehead atoms. The fourth-order valence-electron chi connectivity index (χ4n) is 1.58. The highest BCUT2D eigenvalue weighted by atomic mass is 32.1. The molecular formula is C13H14N4O2S. The smallest absolute Gasteiger partial charge is 0.258 e. The molecule has 20 heavy (non-hydrogen) atoms. The van der Waals surface area contributed by atoms with Crippen molar-refractivity contribution in [2.75, 3.05) is 0 Å². The van der Waals surface area contributed by atoms with Gasteiger partial charge in [-0.3, -0.25) is 10.1 Å². The maximum atomic E-state index is 10.7. The van der Waals surface area contributed by atoms with Crippen LogP contribution in [0.25, 0.3) is 0 Å². The van der Waals surface area contributed by atoms with Crippen LogP contribution in [0.5, 0.6) is 0 Å². The molecule has 7 heteroatoms. The molecule has 0 aliphatic rings. The van der Waals surface area contributed by atoms with Gasteiger partial charge in [0.2, 0.25) is 5.13 Å². The van der Waals surface area contributed by atoms with Gasteiger partial charge in [-0.15, -0.1) is 10.2 Å². The van der Waals surface area contributed by atoms with E-state index in [2.05, 4.69) is 29.0 Å². The molecule has 0 aliphatic heterocycles. The van der Waals surface area contributed by atoms with E-state index >= 15 is 0 Å². The van der Waals surface area contributed by atoms with Crippen LogP contribution >= 0.6 is 11.3 Å². The number of hydrogen-bond donors (Lipinski definition) is 0. The highest BCUT2D eigenvalue weighted by molar-refractivity contribution is 7.14. The summed E-state index contributed by atoms with van der Waals surface area (Å²) in [6, 6.07) is 6.30. The van der Waals surface area contributed by atoms with Crippen molar-refractivity contribution in [3.05, 3.63) is 45.0 Å². The fraction of sp³-hybridized carbons (Fsp3) is 0.308. The Morgan fingerprint density at radius 1 is 1.45 bits per heavy atom. The molecule has 0 aliphatic carbocycles. The summed E-state index contributed by atoms with van der Waals surface area (Å²) in [5, 5.41) is 20.2. The molecule has 0 atom stereocenters. The summed E-state index contributed by atoms with van der Waals surface area (Å²) in [5.74, 6) is 0.525. The number of aromatic nitrogens is 2. The van der Waals surface area contributed by atoms with Crippen molar-refractivity contribution in [1.29, 1.82) is 0 Å². The van der Waals surface area contributed by atoms with Crippen LogP contribution in [-0.4, -0.2) is 21.3 Å². The molecular weight excluding hydrogens is 276 g/mol. The van der Waals surface area contributed by atoms with Gasteiger partial charge >= 0.3 is 0 Å². The second-order valence-corrected chi connectivity index (χ2v) is 5.73. The summed E-state index contributed by atoms with van der Waals surface area (Å²) in [7, 11) is 0. The zero-order chi connectivity index (χ0) is 14.5. The highest BCUT2D eigenvalue weighted by Gasteiger charge is 2.06. The predicted molar refractivity (Wildman–Crippen MR) is 78.8 cm³/mol. The first kappa shape index (κ1) is 14.3. The van der Waals surface area contributed by atoms with Gasteiger partial charge in [0.05, 0.1) is 4.92 Å². The van der Waals surface area contributed by atoms with Gasteiger partial charge in [-0.25, -0.2) is 4.99 Å². The highest BCUT2D eigenvalue weighted by Crippen LogP contribution is 2.21. The zero-order valence-corrected chi connectivity index (χ0v) is 12.0. The van der Waals surface area contributed by atoms with E-state index in [4.69, 9.17) is 0 Å². The van der Waals surface area contributed by atoms with Crippen LogP contribution in [0.15, 0.2) is 29.3 Å². The molecule has 1 aromatic heterocycles. The average molecular weight is 290 g/mol. The lowest BCUT2D eigenvalue weighted by Crippen LogP contribution is -1.92. The minimum absolute atomic E-state index is 0.0479.